The van der Waals surface area contributed by atoms with Gasteiger partial charge in [-0.25, -0.2) is 9.18 Å². The van der Waals surface area contributed by atoms with E-state index in [0.717, 1.165) is 23.5 Å². The first-order chi connectivity index (χ1) is 12.3. The third-order valence-corrected chi connectivity index (χ3v) is 5.14. The fourth-order valence-electron chi connectivity index (χ4n) is 2.46. The maximum atomic E-state index is 14.1. The standard InChI is InChI=1S/C17H10ClF2NO4S/c18-9-2-1-3-11-12(9)8(15(26-11)17(23)24)6-25-10-5-4-7(16(21)22)13(19)14(10)20/h1-5H,6H2,(H2,21,22)(H,23,24). The minimum absolute atomic E-state index is 0.0114. The Hall–Kier alpha value is -2.71. The molecule has 3 rings (SSSR count). The normalized spacial score (nSPS) is 10.9. The summed E-state index contributed by atoms with van der Waals surface area (Å²) < 4.78 is 33.8. The Morgan fingerprint density at radius 2 is 1.92 bits per heavy atom. The fraction of sp³-hybridized carbons (Fsp3) is 0.0588. The third-order valence-electron chi connectivity index (χ3n) is 3.64. The second kappa shape index (κ2) is 6.89. The van der Waals surface area contributed by atoms with Crippen molar-refractivity contribution < 1.29 is 28.2 Å². The molecule has 1 heterocycles. The number of carbonyl (C=O) groups is 2. The molecule has 1 amide bonds. The van der Waals surface area contributed by atoms with Crippen molar-refractivity contribution in [1.82, 2.24) is 0 Å². The number of aromatic carboxylic acids is 1. The van der Waals surface area contributed by atoms with Gasteiger partial charge in [-0.05, 0) is 24.3 Å². The summed E-state index contributed by atoms with van der Waals surface area (Å²) in [4.78, 5) is 22.5. The predicted molar refractivity (Wildman–Crippen MR) is 93.0 cm³/mol. The number of nitrogens with two attached hydrogens (primary N) is 1. The number of fused-ring (bicyclic) bond motifs is 1. The molecule has 0 aliphatic rings. The van der Waals surface area contributed by atoms with Gasteiger partial charge in [0.25, 0.3) is 5.91 Å². The Morgan fingerprint density at radius 1 is 1.19 bits per heavy atom. The maximum absolute atomic E-state index is 14.1. The lowest BCUT2D eigenvalue weighted by molar-refractivity contribution is 0.0699. The highest BCUT2D eigenvalue weighted by Gasteiger charge is 2.22. The zero-order valence-electron chi connectivity index (χ0n) is 12.9. The van der Waals surface area contributed by atoms with Gasteiger partial charge < -0.3 is 15.6 Å². The second-order valence-electron chi connectivity index (χ2n) is 5.22. The molecule has 26 heavy (non-hydrogen) atoms. The van der Waals surface area contributed by atoms with E-state index in [-0.39, 0.29) is 17.0 Å². The fourth-order valence-corrected chi connectivity index (χ4v) is 3.88. The topological polar surface area (TPSA) is 89.6 Å². The molecule has 0 saturated heterocycles. The number of primary amides is 1. The molecule has 3 aromatic rings. The van der Waals surface area contributed by atoms with Crippen LogP contribution >= 0.6 is 22.9 Å². The highest BCUT2D eigenvalue weighted by molar-refractivity contribution is 7.21. The molecule has 0 unspecified atom stereocenters. The molecule has 2 aromatic carbocycles. The molecule has 0 aliphatic heterocycles. The summed E-state index contributed by atoms with van der Waals surface area (Å²) in [6.07, 6.45) is 0. The molecule has 0 fully saturated rings. The first-order valence-corrected chi connectivity index (χ1v) is 8.34. The van der Waals surface area contributed by atoms with Crippen molar-refractivity contribution in [3.63, 3.8) is 0 Å². The van der Waals surface area contributed by atoms with E-state index in [9.17, 15) is 23.5 Å². The molecule has 0 saturated carbocycles. The molecule has 0 radical (unpaired) electrons. The number of carboxylic acids is 1. The summed E-state index contributed by atoms with van der Waals surface area (Å²) in [6.45, 7) is -0.350. The van der Waals surface area contributed by atoms with E-state index < -0.39 is 34.8 Å². The SMILES string of the molecule is NC(=O)c1ccc(OCc2c(C(=O)O)sc3cccc(Cl)c23)c(F)c1F. The van der Waals surface area contributed by atoms with Crippen molar-refractivity contribution in [1.29, 1.82) is 0 Å². The summed E-state index contributed by atoms with van der Waals surface area (Å²) in [5.41, 5.74) is 4.60. The van der Waals surface area contributed by atoms with Gasteiger partial charge in [0.15, 0.2) is 11.6 Å². The average molecular weight is 398 g/mol. The minimum Gasteiger partial charge on any atom is -0.486 e. The van der Waals surface area contributed by atoms with Crippen LogP contribution in [0, 0.1) is 11.6 Å². The highest BCUT2D eigenvalue weighted by atomic mass is 35.5. The highest BCUT2D eigenvalue weighted by Crippen LogP contribution is 2.37. The van der Waals surface area contributed by atoms with E-state index in [2.05, 4.69) is 0 Å². The molecule has 5 nitrogen and oxygen atoms in total. The van der Waals surface area contributed by atoms with Gasteiger partial charge in [0.2, 0.25) is 5.82 Å². The first kappa shape index (κ1) is 18.1. The van der Waals surface area contributed by atoms with Crippen molar-refractivity contribution in [2.24, 2.45) is 5.73 Å². The Bertz CT molecular complexity index is 1050. The third kappa shape index (κ3) is 3.09. The van der Waals surface area contributed by atoms with Crippen molar-refractivity contribution in [3.8, 4) is 5.75 Å². The van der Waals surface area contributed by atoms with Crippen LogP contribution in [0.15, 0.2) is 30.3 Å². The Morgan fingerprint density at radius 3 is 2.58 bits per heavy atom. The van der Waals surface area contributed by atoms with Crippen LogP contribution in [0.2, 0.25) is 5.02 Å². The van der Waals surface area contributed by atoms with E-state index >= 15 is 0 Å². The predicted octanol–water partition coefficient (Wildman–Crippen LogP) is 4.21. The molecule has 0 spiro atoms. The molecule has 1 aromatic heterocycles. The summed E-state index contributed by atoms with van der Waals surface area (Å²) in [5, 5.41) is 10.2. The molecule has 9 heteroatoms. The number of rotatable bonds is 5. The molecule has 3 N–H and O–H groups in total. The van der Waals surface area contributed by atoms with Crippen molar-refractivity contribution >= 4 is 44.9 Å². The number of ether oxygens (including phenoxy) is 1. The molecular formula is C17H10ClF2NO4S. The number of thiophene rings is 1. The number of hydrogen-bond acceptors (Lipinski definition) is 4. The molecular weight excluding hydrogens is 388 g/mol. The van der Waals surface area contributed by atoms with Crippen molar-refractivity contribution in [2.75, 3.05) is 0 Å². The van der Waals surface area contributed by atoms with E-state index in [0.29, 0.717) is 15.1 Å². The molecule has 0 aliphatic carbocycles. The number of halogens is 3. The lowest BCUT2D eigenvalue weighted by atomic mass is 10.1. The van der Waals surface area contributed by atoms with Crippen LogP contribution in [-0.2, 0) is 6.61 Å². The maximum Gasteiger partial charge on any atom is 0.346 e. The quantitative estimate of drug-likeness (QED) is 0.674. The van der Waals surface area contributed by atoms with E-state index in [4.69, 9.17) is 22.1 Å². The van der Waals surface area contributed by atoms with E-state index in [1.165, 1.54) is 0 Å². The number of hydrogen-bond donors (Lipinski definition) is 2. The van der Waals surface area contributed by atoms with Crippen molar-refractivity contribution in [3.05, 3.63) is 63.0 Å². The van der Waals surface area contributed by atoms with Gasteiger partial charge in [0.05, 0.1) is 5.56 Å². The summed E-state index contributed by atoms with van der Waals surface area (Å²) in [7, 11) is 0. The van der Waals surface area contributed by atoms with Gasteiger partial charge in [0.1, 0.15) is 11.5 Å². The molecule has 0 bridgehead atoms. The van der Waals surface area contributed by atoms with Gasteiger partial charge in [0, 0.05) is 20.7 Å². The summed E-state index contributed by atoms with van der Waals surface area (Å²) in [6, 6.07) is 7.01. The van der Waals surface area contributed by atoms with Gasteiger partial charge >= 0.3 is 5.97 Å². The molecule has 0 atom stereocenters. The van der Waals surface area contributed by atoms with Gasteiger partial charge in [-0.2, -0.15) is 4.39 Å². The van der Waals surface area contributed by atoms with Crippen LogP contribution in [0.5, 0.6) is 5.75 Å². The van der Waals surface area contributed by atoms with Crippen LogP contribution in [0.3, 0.4) is 0 Å². The van der Waals surface area contributed by atoms with Gasteiger partial charge in [-0.15, -0.1) is 11.3 Å². The van der Waals surface area contributed by atoms with Gasteiger partial charge in [-0.1, -0.05) is 17.7 Å². The second-order valence-corrected chi connectivity index (χ2v) is 6.68. The average Bonchev–Trinajstić information content (AvgIpc) is 2.96. The van der Waals surface area contributed by atoms with Crippen LogP contribution < -0.4 is 10.5 Å². The monoisotopic (exact) mass is 397 g/mol. The van der Waals surface area contributed by atoms with Crippen LogP contribution in [0.4, 0.5) is 8.78 Å². The van der Waals surface area contributed by atoms with Crippen LogP contribution in [-0.4, -0.2) is 17.0 Å². The lowest BCUT2D eigenvalue weighted by Crippen LogP contribution is -2.14. The van der Waals surface area contributed by atoms with Crippen LogP contribution in [0.25, 0.3) is 10.1 Å². The van der Waals surface area contributed by atoms with E-state index in [1.807, 2.05) is 0 Å². The summed E-state index contributed by atoms with van der Waals surface area (Å²) >= 11 is 7.15. The smallest absolute Gasteiger partial charge is 0.346 e. The Kier molecular flexibility index (Phi) is 4.80. The number of amides is 1. The largest absolute Gasteiger partial charge is 0.486 e. The Labute approximate surface area is 154 Å². The van der Waals surface area contributed by atoms with Gasteiger partial charge in [-0.3, -0.25) is 4.79 Å². The Balaban J connectivity index is 2.01. The molecule has 134 valence electrons. The van der Waals surface area contributed by atoms with Crippen molar-refractivity contribution in [2.45, 2.75) is 6.61 Å². The zero-order valence-corrected chi connectivity index (χ0v) is 14.5. The first-order valence-electron chi connectivity index (χ1n) is 7.15. The van der Waals surface area contributed by atoms with E-state index in [1.54, 1.807) is 18.2 Å². The number of carbonyl (C=O) groups excluding carboxylic acids is 1. The number of benzene rings is 2. The zero-order chi connectivity index (χ0) is 19.0. The lowest BCUT2D eigenvalue weighted by Gasteiger charge is -2.10. The number of carboxylic acid groups (broad SMARTS) is 1. The summed E-state index contributed by atoms with van der Waals surface area (Å²) in [5.74, 6) is -5.59. The minimum atomic E-state index is -1.43. The van der Waals surface area contributed by atoms with Crippen LogP contribution in [0.1, 0.15) is 25.6 Å².